The van der Waals surface area contributed by atoms with Crippen LogP contribution in [0.15, 0.2) is 83.3 Å². The van der Waals surface area contributed by atoms with Gasteiger partial charge in [-0.1, -0.05) is 42.5 Å². The van der Waals surface area contributed by atoms with Crippen LogP contribution >= 0.6 is 15.9 Å². The summed E-state index contributed by atoms with van der Waals surface area (Å²) in [5.74, 6) is 1.07. The molecule has 34 heavy (non-hydrogen) atoms. The van der Waals surface area contributed by atoms with Gasteiger partial charge in [0, 0.05) is 12.1 Å². The molecule has 0 spiro atoms. The number of methoxy groups -OCH3 is 1. The van der Waals surface area contributed by atoms with E-state index in [1.54, 1.807) is 31.4 Å². The Bertz CT molecular complexity index is 1430. The Labute approximate surface area is 205 Å². The van der Waals surface area contributed by atoms with Crippen LogP contribution in [0.2, 0.25) is 0 Å². The zero-order chi connectivity index (χ0) is 24.1. The number of halogens is 1. The topological polar surface area (TPSA) is 85.4 Å². The van der Waals surface area contributed by atoms with Gasteiger partial charge in [-0.25, -0.2) is 0 Å². The number of nitro groups is 1. The molecular weight excluding hydrogens is 496 g/mol. The zero-order valence-electron chi connectivity index (χ0n) is 18.2. The Balaban J connectivity index is 1.62. The monoisotopic (exact) mass is 514 g/mol. The van der Waals surface area contributed by atoms with Crippen LogP contribution in [0.5, 0.6) is 11.5 Å². The molecule has 7 heteroatoms. The van der Waals surface area contributed by atoms with Crippen LogP contribution < -0.4 is 9.47 Å². The molecule has 0 saturated carbocycles. The van der Waals surface area contributed by atoms with Gasteiger partial charge in [0.2, 0.25) is 0 Å². The largest absolute Gasteiger partial charge is 0.493 e. The SMILES string of the molecule is COc1cc(C=C(C#N)c2ccc([N+](=O)[O-])cc2)cc(Br)c1OCc1cccc2ccccc12. The Kier molecular flexibility index (Phi) is 6.90. The third kappa shape index (κ3) is 4.92. The summed E-state index contributed by atoms with van der Waals surface area (Å²) in [5, 5.41) is 22.8. The first-order valence-electron chi connectivity index (χ1n) is 10.3. The van der Waals surface area contributed by atoms with Crippen molar-refractivity contribution >= 4 is 44.0 Å². The molecule has 0 N–H and O–H groups in total. The van der Waals surface area contributed by atoms with Gasteiger partial charge in [-0.2, -0.15) is 5.26 Å². The maximum Gasteiger partial charge on any atom is 0.269 e. The number of allylic oxidation sites excluding steroid dienone is 1. The van der Waals surface area contributed by atoms with Crippen LogP contribution in [0.4, 0.5) is 5.69 Å². The second kappa shape index (κ2) is 10.2. The summed E-state index contributed by atoms with van der Waals surface area (Å²) in [6, 6.07) is 25.9. The van der Waals surface area contributed by atoms with Crippen molar-refractivity contribution in [2.45, 2.75) is 6.61 Å². The van der Waals surface area contributed by atoms with E-state index in [2.05, 4.69) is 40.2 Å². The minimum absolute atomic E-state index is 0.0295. The summed E-state index contributed by atoms with van der Waals surface area (Å²) in [7, 11) is 1.56. The van der Waals surface area contributed by atoms with Gasteiger partial charge in [0.15, 0.2) is 11.5 Å². The number of hydrogen-bond acceptors (Lipinski definition) is 5. The molecule has 0 amide bonds. The Morgan fingerprint density at radius 2 is 1.82 bits per heavy atom. The van der Waals surface area contributed by atoms with E-state index in [0.29, 0.717) is 33.7 Å². The van der Waals surface area contributed by atoms with Gasteiger partial charge in [0.25, 0.3) is 5.69 Å². The van der Waals surface area contributed by atoms with E-state index in [0.717, 1.165) is 21.9 Å². The molecule has 6 nitrogen and oxygen atoms in total. The number of non-ortho nitro benzene ring substituents is 1. The summed E-state index contributed by atoms with van der Waals surface area (Å²) >= 11 is 3.56. The van der Waals surface area contributed by atoms with Crippen LogP contribution in [-0.2, 0) is 6.61 Å². The Hall–Kier alpha value is -4.15. The molecule has 0 bridgehead atoms. The fourth-order valence-corrected chi connectivity index (χ4v) is 4.22. The minimum Gasteiger partial charge on any atom is -0.493 e. The average Bonchev–Trinajstić information content (AvgIpc) is 2.86. The standard InChI is InChI=1S/C27H19BrN2O4/c1-33-26-15-18(13-22(16-29)19-9-11-23(12-10-19)30(31)32)14-25(28)27(26)34-17-21-7-4-6-20-5-2-3-8-24(20)21/h2-15H,17H2,1H3. The predicted octanol–water partition coefficient (Wildman–Crippen LogP) is 7.16. The van der Waals surface area contributed by atoms with Crippen LogP contribution in [0.3, 0.4) is 0 Å². The van der Waals surface area contributed by atoms with Crippen molar-refractivity contribution in [3.8, 4) is 17.6 Å². The number of nitrogens with zero attached hydrogens (tertiary/aromatic N) is 2. The number of ether oxygens (including phenoxy) is 2. The first kappa shape index (κ1) is 23.0. The van der Waals surface area contributed by atoms with Crippen molar-refractivity contribution in [1.29, 1.82) is 5.26 Å². The van der Waals surface area contributed by atoms with Crippen molar-refractivity contribution in [3.63, 3.8) is 0 Å². The molecule has 0 saturated heterocycles. The maximum absolute atomic E-state index is 10.9. The number of nitriles is 1. The first-order valence-corrected chi connectivity index (χ1v) is 11.1. The highest BCUT2D eigenvalue weighted by atomic mass is 79.9. The molecule has 0 aromatic heterocycles. The number of benzene rings is 4. The molecule has 168 valence electrons. The lowest BCUT2D eigenvalue weighted by Crippen LogP contribution is -2.00. The first-order chi connectivity index (χ1) is 16.5. The van der Waals surface area contributed by atoms with Crippen LogP contribution in [-0.4, -0.2) is 12.0 Å². The van der Waals surface area contributed by atoms with Gasteiger partial charge >= 0.3 is 0 Å². The summed E-state index contributed by atoms with van der Waals surface area (Å²) in [4.78, 5) is 10.4. The fraction of sp³-hybridized carbons (Fsp3) is 0.0741. The highest BCUT2D eigenvalue weighted by Gasteiger charge is 2.14. The lowest BCUT2D eigenvalue weighted by molar-refractivity contribution is -0.384. The molecule has 4 rings (SSSR count). The predicted molar refractivity (Wildman–Crippen MR) is 136 cm³/mol. The smallest absolute Gasteiger partial charge is 0.269 e. The number of nitro benzene ring substituents is 1. The number of hydrogen-bond donors (Lipinski definition) is 0. The van der Waals surface area contributed by atoms with E-state index >= 15 is 0 Å². The minimum atomic E-state index is -0.474. The second-order valence-electron chi connectivity index (χ2n) is 7.43. The molecular formula is C27H19BrN2O4. The van der Waals surface area contributed by atoms with Crippen molar-refractivity contribution in [1.82, 2.24) is 0 Å². The summed E-state index contributed by atoms with van der Waals surface area (Å²) < 4.78 is 12.4. The van der Waals surface area contributed by atoms with Gasteiger partial charge in [0.1, 0.15) is 6.61 Å². The number of rotatable bonds is 7. The van der Waals surface area contributed by atoms with Gasteiger partial charge < -0.3 is 9.47 Å². The molecule has 0 aliphatic heterocycles. The third-order valence-corrected chi connectivity index (χ3v) is 5.91. The van der Waals surface area contributed by atoms with Gasteiger partial charge in [0.05, 0.1) is 28.1 Å². The lowest BCUT2D eigenvalue weighted by Gasteiger charge is -2.15. The van der Waals surface area contributed by atoms with E-state index in [1.807, 2.05) is 30.3 Å². The molecule has 0 aliphatic rings. The normalized spacial score (nSPS) is 11.1. The highest BCUT2D eigenvalue weighted by molar-refractivity contribution is 9.10. The highest BCUT2D eigenvalue weighted by Crippen LogP contribution is 2.38. The second-order valence-corrected chi connectivity index (χ2v) is 8.29. The molecule has 0 unspecified atom stereocenters. The van der Waals surface area contributed by atoms with Crippen molar-refractivity contribution < 1.29 is 14.4 Å². The van der Waals surface area contributed by atoms with Crippen LogP contribution in [0.25, 0.3) is 22.4 Å². The van der Waals surface area contributed by atoms with E-state index in [9.17, 15) is 15.4 Å². The summed E-state index contributed by atoms with van der Waals surface area (Å²) in [6.45, 7) is 0.359. The molecule has 0 atom stereocenters. The van der Waals surface area contributed by atoms with Crippen LogP contribution in [0, 0.1) is 21.4 Å². The Morgan fingerprint density at radius 1 is 1.09 bits per heavy atom. The molecule has 4 aromatic carbocycles. The van der Waals surface area contributed by atoms with Crippen molar-refractivity contribution in [3.05, 3.63) is 110 Å². The average molecular weight is 515 g/mol. The molecule has 0 aliphatic carbocycles. The van der Waals surface area contributed by atoms with Crippen LogP contribution in [0.1, 0.15) is 16.7 Å². The lowest BCUT2D eigenvalue weighted by atomic mass is 10.0. The molecule has 0 radical (unpaired) electrons. The summed E-state index contributed by atoms with van der Waals surface area (Å²) in [6.07, 6.45) is 1.70. The maximum atomic E-state index is 10.9. The van der Waals surface area contributed by atoms with Gasteiger partial charge in [-0.05, 0) is 73.7 Å². The van der Waals surface area contributed by atoms with Crippen molar-refractivity contribution in [2.24, 2.45) is 0 Å². The van der Waals surface area contributed by atoms with E-state index < -0.39 is 4.92 Å². The zero-order valence-corrected chi connectivity index (χ0v) is 19.8. The van der Waals surface area contributed by atoms with E-state index in [-0.39, 0.29) is 5.69 Å². The Morgan fingerprint density at radius 3 is 2.53 bits per heavy atom. The van der Waals surface area contributed by atoms with Gasteiger partial charge in [-0.15, -0.1) is 0 Å². The molecule has 4 aromatic rings. The quantitative estimate of drug-likeness (QED) is 0.113. The number of fused-ring (bicyclic) bond motifs is 1. The van der Waals surface area contributed by atoms with Crippen molar-refractivity contribution in [2.75, 3.05) is 7.11 Å². The van der Waals surface area contributed by atoms with E-state index in [1.165, 1.54) is 12.1 Å². The molecule has 0 fully saturated rings. The van der Waals surface area contributed by atoms with Gasteiger partial charge in [-0.3, -0.25) is 10.1 Å². The van der Waals surface area contributed by atoms with E-state index in [4.69, 9.17) is 9.47 Å². The third-order valence-electron chi connectivity index (χ3n) is 5.32. The summed E-state index contributed by atoms with van der Waals surface area (Å²) in [5.41, 5.74) is 2.70. The fourth-order valence-electron chi connectivity index (χ4n) is 3.64. The molecule has 0 heterocycles.